The zero-order valence-corrected chi connectivity index (χ0v) is 10.2. The van der Waals surface area contributed by atoms with Crippen LogP contribution in [0.25, 0.3) is 0 Å². The summed E-state index contributed by atoms with van der Waals surface area (Å²) in [5.74, 6) is 0.403. The van der Waals surface area contributed by atoms with Gasteiger partial charge in [-0.2, -0.15) is 0 Å². The highest BCUT2D eigenvalue weighted by molar-refractivity contribution is 5.81. The van der Waals surface area contributed by atoms with Gasteiger partial charge in [0, 0.05) is 11.5 Å². The molecule has 1 fully saturated rings. The summed E-state index contributed by atoms with van der Waals surface area (Å²) in [6, 6.07) is 0.245. The Kier molecular flexibility index (Phi) is 3.77. The average molecular weight is 213 g/mol. The molecule has 3 nitrogen and oxygen atoms in total. The minimum atomic E-state index is -0.320. The Morgan fingerprint density at radius 3 is 2.40 bits per heavy atom. The molecule has 0 heterocycles. The second-order valence-corrected chi connectivity index (χ2v) is 5.78. The van der Waals surface area contributed by atoms with Crippen molar-refractivity contribution in [1.82, 2.24) is 5.32 Å². The van der Waals surface area contributed by atoms with Crippen molar-refractivity contribution in [2.45, 2.75) is 59.1 Å². The number of aliphatic hydroxyl groups is 1. The van der Waals surface area contributed by atoms with Gasteiger partial charge < -0.3 is 10.4 Å². The Balaban J connectivity index is 2.44. The van der Waals surface area contributed by atoms with Crippen LogP contribution < -0.4 is 5.32 Å². The van der Waals surface area contributed by atoms with Gasteiger partial charge in [0.1, 0.15) is 0 Å². The van der Waals surface area contributed by atoms with Gasteiger partial charge in [-0.25, -0.2) is 0 Å². The lowest BCUT2D eigenvalue weighted by Gasteiger charge is -2.33. The van der Waals surface area contributed by atoms with Gasteiger partial charge in [0.05, 0.1) is 6.10 Å². The normalized spacial score (nSPS) is 32.5. The molecule has 0 spiro atoms. The molecule has 0 bridgehead atoms. The van der Waals surface area contributed by atoms with Crippen LogP contribution >= 0.6 is 0 Å². The highest BCUT2D eigenvalue weighted by atomic mass is 16.3. The number of carbonyl (C=O) groups excluding carboxylic acids is 1. The third kappa shape index (κ3) is 3.49. The van der Waals surface area contributed by atoms with E-state index in [1.54, 1.807) is 0 Å². The Morgan fingerprint density at radius 2 is 1.93 bits per heavy atom. The topological polar surface area (TPSA) is 49.3 Å². The fourth-order valence-corrected chi connectivity index (χ4v) is 1.91. The number of hydrogen-bond acceptors (Lipinski definition) is 2. The van der Waals surface area contributed by atoms with Crippen molar-refractivity contribution in [1.29, 1.82) is 0 Å². The maximum Gasteiger partial charge on any atom is 0.225 e. The van der Waals surface area contributed by atoms with Gasteiger partial charge in [0.2, 0.25) is 5.91 Å². The third-order valence-electron chi connectivity index (χ3n) is 3.14. The van der Waals surface area contributed by atoms with E-state index >= 15 is 0 Å². The lowest BCUT2D eigenvalue weighted by molar-refractivity contribution is -0.129. The van der Waals surface area contributed by atoms with Crippen LogP contribution in [0.1, 0.15) is 47.0 Å². The van der Waals surface area contributed by atoms with E-state index in [4.69, 9.17) is 0 Å². The number of nitrogens with one attached hydrogen (secondary N) is 1. The average Bonchev–Trinajstić information content (AvgIpc) is 2.10. The molecule has 1 rings (SSSR count). The van der Waals surface area contributed by atoms with Crippen molar-refractivity contribution in [3.8, 4) is 0 Å². The van der Waals surface area contributed by atoms with Crippen LogP contribution in [0.2, 0.25) is 0 Å². The molecule has 0 saturated heterocycles. The van der Waals surface area contributed by atoms with Crippen LogP contribution in [0, 0.1) is 11.3 Å². The molecule has 0 aromatic heterocycles. The van der Waals surface area contributed by atoms with Crippen LogP contribution in [0.5, 0.6) is 0 Å². The van der Waals surface area contributed by atoms with Crippen LogP contribution in [0.3, 0.4) is 0 Å². The first-order valence-electron chi connectivity index (χ1n) is 5.79. The van der Waals surface area contributed by atoms with Gasteiger partial charge >= 0.3 is 0 Å². The van der Waals surface area contributed by atoms with E-state index in [9.17, 15) is 9.90 Å². The van der Waals surface area contributed by atoms with Crippen LogP contribution in [0.4, 0.5) is 0 Å². The first-order valence-corrected chi connectivity index (χ1v) is 5.79. The molecule has 0 aromatic rings. The summed E-state index contributed by atoms with van der Waals surface area (Å²) in [6.07, 6.45) is 2.40. The summed E-state index contributed by atoms with van der Waals surface area (Å²) in [6.45, 7) is 7.80. The minimum Gasteiger partial charge on any atom is -0.393 e. The van der Waals surface area contributed by atoms with Gasteiger partial charge in [0.25, 0.3) is 0 Å². The number of carbonyl (C=O) groups is 1. The monoisotopic (exact) mass is 213 g/mol. The molecular formula is C12H23NO2. The third-order valence-corrected chi connectivity index (χ3v) is 3.14. The second kappa shape index (κ2) is 4.52. The van der Waals surface area contributed by atoms with E-state index in [0.717, 1.165) is 19.3 Å². The summed E-state index contributed by atoms with van der Waals surface area (Å²) in [4.78, 5) is 11.7. The van der Waals surface area contributed by atoms with E-state index < -0.39 is 0 Å². The van der Waals surface area contributed by atoms with Crippen molar-refractivity contribution in [2.24, 2.45) is 11.3 Å². The van der Waals surface area contributed by atoms with Gasteiger partial charge in [-0.15, -0.1) is 0 Å². The highest BCUT2D eigenvalue weighted by Crippen LogP contribution is 2.25. The summed E-state index contributed by atoms with van der Waals surface area (Å²) in [5.41, 5.74) is -0.320. The Bertz CT molecular complexity index is 232. The molecule has 1 saturated carbocycles. The molecule has 0 radical (unpaired) electrons. The van der Waals surface area contributed by atoms with Gasteiger partial charge in [-0.05, 0) is 25.2 Å². The van der Waals surface area contributed by atoms with E-state index in [1.807, 2.05) is 27.7 Å². The van der Waals surface area contributed by atoms with Crippen molar-refractivity contribution >= 4 is 5.91 Å². The molecular weight excluding hydrogens is 190 g/mol. The zero-order valence-electron chi connectivity index (χ0n) is 10.2. The fraction of sp³-hybridized carbons (Fsp3) is 0.917. The van der Waals surface area contributed by atoms with Gasteiger partial charge in [-0.1, -0.05) is 27.7 Å². The first-order chi connectivity index (χ1) is 6.80. The lowest BCUT2D eigenvalue weighted by atomic mass is 9.84. The number of amides is 1. The van der Waals surface area contributed by atoms with E-state index in [2.05, 4.69) is 5.32 Å². The molecule has 1 unspecified atom stereocenters. The quantitative estimate of drug-likeness (QED) is 0.696. The number of hydrogen-bond donors (Lipinski definition) is 2. The number of aliphatic hydroxyl groups excluding tert-OH is 1. The van der Waals surface area contributed by atoms with Crippen molar-refractivity contribution in [3.05, 3.63) is 0 Å². The van der Waals surface area contributed by atoms with Gasteiger partial charge in [-0.3, -0.25) is 4.79 Å². The highest BCUT2D eigenvalue weighted by Gasteiger charge is 2.29. The largest absolute Gasteiger partial charge is 0.393 e. The Labute approximate surface area is 92.3 Å². The number of rotatable bonds is 1. The van der Waals surface area contributed by atoms with E-state index in [-0.39, 0.29) is 23.5 Å². The van der Waals surface area contributed by atoms with E-state index in [1.165, 1.54) is 0 Å². The SMILES string of the molecule is C[C@@H]1C[C@H](NC(=O)C(C)(C)C)CCC1O. The Hall–Kier alpha value is -0.570. The van der Waals surface area contributed by atoms with Crippen LogP contribution in [-0.2, 0) is 4.79 Å². The predicted molar refractivity (Wildman–Crippen MR) is 60.4 cm³/mol. The summed E-state index contributed by atoms with van der Waals surface area (Å²) < 4.78 is 0. The minimum absolute atomic E-state index is 0.107. The fourth-order valence-electron chi connectivity index (χ4n) is 1.91. The molecule has 2 N–H and O–H groups in total. The molecule has 15 heavy (non-hydrogen) atoms. The summed E-state index contributed by atoms with van der Waals surface area (Å²) in [5, 5.41) is 12.6. The maximum absolute atomic E-state index is 11.7. The smallest absolute Gasteiger partial charge is 0.225 e. The Morgan fingerprint density at radius 1 is 1.33 bits per heavy atom. The lowest BCUT2D eigenvalue weighted by Crippen LogP contribution is -2.45. The maximum atomic E-state index is 11.7. The molecule has 88 valence electrons. The molecule has 0 aliphatic heterocycles. The van der Waals surface area contributed by atoms with Crippen molar-refractivity contribution in [3.63, 3.8) is 0 Å². The van der Waals surface area contributed by atoms with Gasteiger partial charge in [0.15, 0.2) is 0 Å². The molecule has 1 amide bonds. The standard InChI is InChI=1S/C12H23NO2/c1-8-7-9(5-6-10(8)14)13-11(15)12(2,3)4/h8-10,14H,5-7H2,1-4H3,(H,13,15)/t8-,9-,10?/m1/s1. The summed E-state index contributed by atoms with van der Waals surface area (Å²) >= 11 is 0. The molecule has 3 heteroatoms. The molecule has 3 atom stereocenters. The van der Waals surface area contributed by atoms with E-state index in [0.29, 0.717) is 5.92 Å². The summed E-state index contributed by atoms with van der Waals surface area (Å²) in [7, 11) is 0. The predicted octanol–water partition coefficient (Wildman–Crippen LogP) is 1.70. The van der Waals surface area contributed by atoms with Crippen molar-refractivity contribution < 1.29 is 9.90 Å². The van der Waals surface area contributed by atoms with Crippen LogP contribution in [0.15, 0.2) is 0 Å². The van der Waals surface area contributed by atoms with Crippen LogP contribution in [-0.4, -0.2) is 23.2 Å². The molecule has 1 aliphatic carbocycles. The zero-order chi connectivity index (χ0) is 11.6. The molecule has 1 aliphatic rings. The molecule has 0 aromatic carbocycles. The second-order valence-electron chi connectivity index (χ2n) is 5.78. The van der Waals surface area contributed by atoms with Crippen molar-refractivity contribution in [2.75, 3.05) is 0 Å². The first kappa shape index (κ1) is 12.5.